The highest BCUT2D eigenvalue weighted by atomic mass is 15.2. The Hall–Kier alpha value is -0.0800. The van der Waals surface area contributed by atoms with Gasteiger partial charge in [-0.2, -0.15) is 0 Å². The van der Waals surface area contributed by atoms with Crippen molar-refractivity contribution in [3.63, 3.8) is 0 Å². The van der Waals surface area contributed by atoms with Crippen LogP contribution in [0.4, 0.5) is 0 Å². The smallest absolute Gasteiger partial charge is 0.0244 e. The van der Waals surface area contributed by atoms with Crippen LogP contribution in [0.2, 0.25) is 0 Å². The Morgan fingerprint density at radius 1 is 1.29 bits per heavy atom. The van der Waals surface area contributed by atoms with E-state index in [0.717, 1.165) is 23.8 Å². The minimum absolute atomic E-state index is 0.765. The number of nitrogens with zero attached hydrogens (tertiary/aromatic N) is 1. The summed E-state index contributed by atoms with van der Waals surface area (Å²) < 4.78 is 0. The topological polar surface area (TPSA) is 15.3 Å². The van der Waals surface area contributed by atoms with Crippen molar-refractivity contribution in [1.82, 2.24) is 10.2 Å². The molecule has 0 spiro atoms. The van der Waals surface area contributed by atoms with Crippen LogP contribution in [0.15, 0.2) is 0 Å². The van der Waals surface area contributed by atoms with Crippen molar-refractivity contribution in [3.8, 4) is 0 Å². The molecule has 3 atom stereocenters. The van der Waals surface area contributed by atoms with Crippen LogP contribution in [0.5, 0.6) is 0 Å². The van der Waals surface area contributed by atoms with Gasteiger partial charge in [-0.05, 0) is 30.6 Å². The molecule has 1 aliphatic carbocycles. The minimum atomic E-state index is 0.765. The van der Waals surface area contributed by atoms with Crippen LogP contribution in [0.25, 0.3) is 0 Å². The van der Waals surface area contributed by atoms with Gasteiger partial charge in [-0.3, -0.25) is 4.90 Å². The summed E-state index contributed by atoms with van der Waals surface area (Å²) in [7, 11) is 0. The first-order valence-corrected chi connectivity index (χ1v) is 7.61. The Morgan fingerprint density at radius 3 is 2.82 bits per heavy atom. The molecule has 0 radical (unpaired) electrons. The zero-order chi connectivity index (χ0) is 12.3. The van der Waals surface area contributed by atoms with E-state index in [1.807, 2.05) is 0 Å². The maximum absolute atomic E-state index is 3.55. The molecular formula is C15H30N2. The molecule has 1 saturated carbocycles. The van der Waals surface area contributed by atoms with Crippen LogP contribution >= 0.6 is 0 Å². The largest absolute Gasteiger partial charge is 0.314 e. The van der Waals surface area contributed by atoms with Crippen LogP contribution in [-0.2, 0) is 0 Å². The second kappa shape index (κ2) is 6.19. The summed E-state index contributed by atoms with van der Waals surface area (Å²) in [6.07, 6.45) is 5.86. The molecule has 1 aliphatic heterocycles. The van der Waals surface area contributed by atoms with E-state index >= 15 is 0 Å². The van der Waals surface area contributed by atoms with Gasteiger partial charge >= 0.3 is 0 Å². The second-order valence-electron chi connectivity index (χ2n) is 6.65. The van der Waals surface area contributed by atoms with Gasteiger partial charge in [0.1, 0.15) is 0 Å². The third-order valence-electron chi connectivity index (χ3n) is 4.71. The molecular weight excluding hydrogens is 208 g/mol. The molecule has 0 aromatic rings. The first-order chi connectivity index (χ1) is 8.16. The highest BCUT2D eigenvalue weighted by molar-refractivity contribution is 4.84. The molecule has 1 heterocycles. The van der Waals surface area contributed by atoms with Crippen molar-refractivity contribution in [2.24, 2.45) is 17.8 Å². The van der Waals surface area contributed by atoms with Gasteiger partial charge in [0.2, 0.25) is 0 Å². The molecule has 0 amide bonds. The van der Waals surface area contributed by atoms with Crippen molar-refractivity contribution in [2.75, 3.05) is 26.2 Å². The normalized spacial score (nSPS) is 36.4. The fourth-order valence-corrected chi connectivity index (χ4v) is 3.71. The summed E-state index contributed by atoms with van der Waals surface area (Å²) >= 11 is 0. The molecule has 2 heteroatoms. The van der Waals surface area contributed by atoms with E-state index < -0.39 is 0 Å². The maximum atomic E-state index is 3.55. The quantitative estimate of drug-likeness (QED) is 0.813. The first-order valence-electron chi connectivity index (χ1n) is 7.61. The molecule has 2 fully saturated rings. The standard InChI is InChI=1S/C15H30N2/c1-12(2)15-10-16-7-8-17(15)11-14-6-4-5-13(3)9-14/h12-16H,4-11H2,1-3H3. The molecule has 0 aromatic carbocycles. The maximum Gasteiger partial charge on any atom is 0.0244 e. The Balaban J connectivity index is 1.86. The lowest BCUT2D eigenvalue weighted by atomic mass is 9.81. The van der Waals surface area contributed by atoms with E-state index in [4.69, 9.17) is 0 Å². The average molecular weight is 238 g/mol. The predicted molar refractivity (Wildman–Crippen MR) is 74.2 cm³/mol. The van der Waals surface area contributed by atoms with Gasteiger partial charge in [-0.25, -0.2) is 0 Å². The van der Waals surface area contributed by atoms with Crippen molar-refractivity contribution in [2.45, 2.75) is 52.5 Å². The van der Waals surface area contributed by atoms with Gasteiger partial charge in [0.25, 0.3) is 0 Å². The zero-order valence-corrected chi connectivity index (χ0v) is 11.9. The molecule has 100 valence electrons. The van der Waals surface area contributed by atoms with Gasteiger partial charge in [0.15, 0.2) is 0 Å². The monoisotopic (exact) mass is 238 g/mol. The highest BCUT2D eigenvalue weighted by Gasteiger charge is 2.28. The lowest BCUT2D eigenvalue weighted by molar-refractivity contribution is 0.0890. The van der Waals surface area contributed by atoms with Gasteiger partial charge in [-0.1, -0.05) is 33.6 Å². The van der Waals surface area contributed by atoms with E-state index in [1.54, 1.807) is 0 Å². The van der Waals surface area contributed by atoms with E-state index in [2.05, 4.69) is 31.0 Å². The van der Waals surface area contributed by atoms with Crippen LogP contribution in [0, 0.1) is 17.8 Å². The number of rotatable bonds is 3. The SMILES string of the molecule is CC1CCCC(CN2CCNCC2C(C)C)C1. The van der Waals surface area contributed by atoms with Crippen molar-refractivity contribution in [3.05, 3.63) is 0 Å². The lowest BCUT2D eigenvalue weighted by Crippen LogP contribution is -2.54. The van der Waals surface area contributed by atoms with Crippen LogP contribution in [0.3, 0.4) is 0 Å². The van der Waals surface area contributed by atoms with Crippen molar-refractivity contribution < 1.29 is 0 Å². The van der Waals surface area contributed by atoms with Crippen molar-refractivity contribution in [1.29, 1.82) is 0 Å². The van der Waals surface area contributed by atoms with Crippen LogP contribution in [0.1, 0.15) is 46.5 Å². The van der Waals surface area contributed by atoms with E-state index in [-0.39, 0.29) is 0 Å². The average Bonchev–Trinajstić information content (AvgIpc) is 2.29. The Morgan fingerprint density at radius 2 is 2.12 bits per heavy atom. The Labute approximate surface area is 107 Å². The fourth-order valence-electron chi connectivity index (χ4n) is 3.71. The summed E-state index contributed by atoms with van der Waals surface area (Å²) in [6.45, 7) is 12.2. The number of nitrogens with one attached hydrogen (secondary N) is 1. The van der Waals surface area contributed by atoms with Gasteiger partial charge in [0, 0.05) is 32.2 Å². The summed E-state index contributed by atoms with van der Waals surface area (Å²) in [5.41, 5.74) is 0. The van der Waals surface area contributed by atoms with Gasteiger partial charge < -0.3 is 5.32 Å². The Bertz CT molecular complexity index is 227. The first kappa shape index (κ1) is 13.4. The highest BCUT2D eigenvalue weighted by Crippen LogP contribution is 2.30. The predicted octanol–water partition coefficient (Wildman–Crippen LogP) is 2.74. The molecule has 2 rings (SSSR count). The number of piperazine rings is 1. The minimum Gasteiger partial charge on any atom is -0.314 e. The van der Waals surface area contributed by atoms with E-state index in [9.17, 15) is 0 Å². The summed E-state index contributed by atoms with van der Waals surface area (Å²) in [5, 5.41) is 3.55. The number of hydrogen-bond acceptors (Lipinski definition) is 2. The molecule has 0 bridgehead atoms. The van der Waals surface area contributed by atoms with Gasteiger partial charge in [0.05, 0.1) is 0 Å². The molecule has 17 heavy (non-hydrogen) atoms. The Kier molecular flexibility index (Phi) is 4.87. The third kappa shape index (κ3) is 3.69. The molecule has 1 saturated heterocycles. The number of hydrogen-bond donors (Lipinski definition) is 1. The van der Waals surface area contributed by atoms with E-state index in [1.165, 1.54) is 51.9 Å². The zero-order valence-electron chi connectivity index (χ0n) is 11.9. The lowest BCUT2D eigenvalue weighted by Gasteiger charge is -2.41. The second-order valence-corrected chi connectivity index (χ2v) is 6.65. The van der Waals surface area contributed by atoms with E-state index in [0.29, 0.717) is 0 Å². The van der Waals surface area contributed by atoms with Gasteiger partial charge in [-0.15, -0.1) is 0 Å². The molecule has 3 unspecified atom stereocenters. The molecule has 1 N–H and O–H groups in total. The van der Waals surface area contributed by atoms with Crippen LogP contribution in [-0.4, -0.2) is 37.1 Å². The summed E-state index contributed by atoms with van der Waals surface area (Å²) in [4.78, 5) is 2.77. The van der Waals surface area contributed by atoms with Crippen LogP contribution < -0.4 is 5.32 Å². The molecule has 0 aromatic heterocycles. The third-order valence-corrected chi connectivity index (χ3v) is 4.71. The summed E-state index contributed by atoms with van der Waals surface area (Å²) in [6, 6.07) is 0.765. The van der Waals surface area contributed by atoms with Crippen molar-refractivity contribution >= 4 is 0 Å². The fraction of sp³-hybridized carbons (Fsp3) is 1.00. The molecule has 2 aliphatic rings. The molecule has 2 nitrogen and oxygen atoms in total. The summed E-state index contributed by atoms with van der Waals surface area (Å²) in [5.74, 6) is 2.72.